The summed E-state index contributed by atoms with van der Waals surface area (Å²) in [6.07, 6.45) is 4.40. The Hall–Kier alpha value is -1.66. The zero-order valence-corrected chi connectivity index (χ0v) is 10.8. The molecule has 18 heavy (non-hydrogen) atoms. The summed E-state index contributed by atoms with van der Waals surface area (Å²) in [6, 6.07) is 2.00. The van der Waals surface area contributed by atoms with Gasteiger partial charge in [-0.25, -0.2) is 9.97 Å². The van der Waals surface area contributed by atoms with Gasteiger partial charge in [0.2, 0.25) is 0 Å². The summed E-state index contributed by atoms with van der Waals surface area (Å²) in [6.45, 7) is 1.33. The van der Waals surface area contributed by atoms with Crippen LogP contribution in [0.2, 0.25) is 0 Å². The van der Waals surface area contributed by atoms with Crippen LogP contribution in [0.25, 0.3) is 11.0 Å². The van der Waals surface area contributed by atoms with E-state index in [-0.39, 0.29) is 6.04 Å². The highest BCUT2D eigenvalue weighted by atomic mass is 16.5. The van der Waals surface area contributed by atoms with Crippen LogP contribution in [-0.2, 0) is 11.8 Å². The Bertz CT molecular complexity index is 510. The largest absolute Gasteiger partial charge is 0.383 e. The average molecular weight is 249 g/mol. The fraction of sp³-hybridized carbons (Fsp3) is 0.500. The highest BCUT2D eigenvalue weighted by molar-refractivity contribution is 5.85. The molecular formula is C12H19N5O. The van der Waals surface area contributed by atoms with E-state index >= 15 is 0 Å². The van der Waals surface area contributed by atoms with Crippen LogP contribution in [0, 0.1) is 0 Å². The van der Waals surface area contributed by atoms with Crippen LogP contribution < -0.4 is 11.1 Å². The number of aryl methyl sites for hydroxylation is 1. The number of hydrogen-bond acceptors (Lipinski definition) is 5. The predicted molar refractivity (Wildman–Crippen MR) is 71.5 cm³/mol. The molecule has 2 rings (SSSR count). The number of rotatable bonds is 6. The molecule has 1 atom stereocenters. The summed E-state index contributed by atoms with van der Waals surface area (Å²) in [5.41, 5.74) is 7.81. The second-order valence-corrected chi connectivity index (χ2v) is 4.31. The number of ether oxygens (including phenoxy) is 1. The Balaban J connectivity index is 1.99. The lowest BCUT2D eigenvalue weighted by molar-refractivity contribution is 0.178. The van der Waals surface area contributed by atoms with Crippen LogP contribution in [0.1, 0.15) is 6.42 Å². The number of anilines is 1. The van der Waals surface area contributed by atoms with Crippen LogP contribution in [0.4, 0.5) is 5.82 Å². The number of methoxy groups -OCH3 is 1. The van der Waals surface area contributed by atoms with Crippen molar-refractivity contribution in [1.82, 2.24) is 14.5 Å². The topological polar surface area (TPSA) is 78.0 Å². The highest BCUT2D eigenvalue weighted by Gasteiger charge is 2.07. The van der Waals surface area contributed by atoms with Gasteiger partial charge in [-0.15, -0.1) is 0 Å². The molecule has 0 saturated carbocycles. The zero-order chi connectivity index (χ0) is 13.0. The van der Waals surface area contributed by atoms with Gasteiger partial charge in [0.25, 0.3) is 0 Å². The maximum absolute atomic E-state index is 5.86. The quantitative estimate of drug-likeness (QED) is 0.789. The number of nitrogens with two attached hydrogens (primary N) is 1. The maximum Gasteiger partial charge on any atom is 0.154 e. The summed E-state index contributed by atoms with van der Waals surface area (Å²) >= 11 is 0. The third-order valence-corrected chi connectivity index (χ3v) is 2.83. The molecule has 0 amide bonds. The van der Waals surface area contributed by atoms with Crippen LogP contribution in [0.5, 0.6) is 0 Å². The average Bonchev–Trinajstić information content (AvgIpc) is 2.73. The number of nitrogens with zero attached hydrogens (tertiary/aromatic N) is 3. The molecule has 0 spiro atoms. The summed E-state index contributed by atoms with van der Waals surface area (Å²) in [5.74, 6) is 0.803. The smallest absolute Gasteiger partial charge is 0.154 e. The molecule has 0 aromatic carbocycles. The van der Waals surface area contributed by atoms with Gasteiger partial charge in [0.05, 0.1) is 18.5 Å². The second kappa shape index (κ2) is 5.79. The normalized spacial score (nSPS) is 12.8. The molecule has 1 unspecified atom stereocenters. The monoisotopic (exact) mass is 249 g/mol. The van der Waals surface area contributed by atoms with Crippen LogP contribution in [0.15, 0.2) is 18.6 Å². The summed E-state index contributed by atoms with van der Waals surface area (Å²) in [7, 11) is 3.62. The minimum absolute atomic E-state index is 0.0467. The van der Waals surface area contributed by atoms with E-state index in [1.165, 1.54) is 0 Å². The maximum atomic E-state index is 5.86. The minimum Gasteiger partial charge on any atom is -0.383 e. The van der Waals surface area contributed by atoms with E-state index in [1.54, 1.807) is 19.6 Å². The Morgan fingerprint density at radius 3 is 3.11 bits per heavy atom. The van der Waals surface area contributed by atoms with Gasteiger partial charge in [-0.05, 0) is 12.5 Å². The van der Waals surface area contributed by atoms with E-state index in [0.29, 0.717) is 6.61 Å². The summed E-state index contributed by atoms with van der Waals surface area (Å²) in [4.78, 5) is 8.64. The Labute approximate surface area is 106 Å². The third kappa shape index (κ3) is 2.77. The lowest BCUT2D eigenvalue weighted by Gasteiger charge is -2.11. The molecule has 0 radical (unpaired) electrons. The van der Waals surface area contributed by atoms with Gasteiger partial charge in [0, 0.05) is 32.9 Å². The van der Waals surface area contributed by atoms with Gasteiger partial charge in [-0.2, -0.15) is 0 Å². The summed E-state index contributed by atoms with van der Waals surface area (Å²) < 4.78 is 6.97. The van der Waals surface area contributed by atoms with Crippen molar-refractivity contribution < 1.29 is 4.74 Å². The molecule has 3 N–H and O–H groups in total. The minimum atomic E-state index is 0.0467. The van der Waals surface area contributed by atoms with Crippen molar-refractivity contribution in [3.63, 3.8) is 0 Å². The molecule has 0 saturated heterocycles. The number of imidazole rings is 1. The van der Waals surface area contributed by atoms with Gasteiger partial charge < -0.3 is 20.4 Å². The highest BCUT2D eigenvalue weighted by Crippen LogP contribution is 2.18. The van der Waals surface area contributed by atoms with Gasteiger partial charge in [0.1, 0.15) is 5.52 Å². The predicted octanol–water partition coefficient (Wildman–Crippen LogP) is 0.744. The lowest BCUT2D eigenvalue weighted by atomic mass is 10.2. The van der Waals surface area contributed by atoms with Crippen molar-refractivity contribution in [1.29, 1.82) is 0 Å². The lowest BCUT2D eigenvalue weighted by Crippen LogP contribution is -2.28. The van der Waals surface area contributed by atoms with Crippen molar-refractivity contribution in [3.8, 4) is 0 Å². The van der Waals surface area contributed by atoms with E-state index in [2.05, 4.69) is 15.3 Å². The second-order valence-electron chi connectivity index (χ2n) is 4.31. The first-order chi connectivity index (χ1) is 8.72. The molecule has 0 aliphatic rings. The van der Waals surface area contributed by atoms with Crippen molar-refractivity contribution in [2.45, 2.75) is 12.5 Å². The van der Waals surface area contributed by atoms with Crippen LogP contribution in [-0.4, -0.2) is 40.8 Å². The molecule has 2 heterocycles. The van der Waals surface area contributed by atoms with E-state index in [4.69, 9.17) is 10.5 Å². The third-order valence-electron chi connectivity index (χ3n) is 2.83. The number of nitrogens with one attached hydrogen (secondary N) is 1. The Morgan fingerprint density at radius 2 is 2.33 bits per heavy atom. The first kappa shape index (κ1) is 12.8. The summed E-state index contributed by atoms with van der Waals surface area (Å²) in [5, 5.41) is 3.27. The van der Waals surface area contributed by atoms with Crippen molar-refractivity contribution >= 4 is 16.9 Å². The molecule has 0 fully saturated rings. The molecule has 6 heteroatoms. The first-order valence-electron chi connectivity index (χ1n) is 5.96. The van der Waals surface area contributed by atoms with E-state index < -0.39 is 0 Å². The van der Waals surface area contributed by atoms with Crippen LogP contribution >= 0.6 is 0 Å². The molecule has 0 aliphatic carbocycles. The van der Waals surface area contributed by atoms with E-state index in [1.807, 2.05) is 17.7 Å². The fourth-order valence-corrected chi connectivity index (χ4v) is 1.86. The van der Waals surface area contributed by atoms with Gasteiger partial charge in [-0.1, -0.05) is 0 Å². The number of pyridine rings is 1. The molecular weight excluding hydrogens is 230 g/mol. The zero-order valence-electron chi connectivity index (χ0n) is 10.8. The molecule has 2 aromatic rings. The van der Waals surface area contributed by atoms with Crippen molar-refractivity contribution in [3.05, 3.63) is 18.6 Å². The number of fused-ring (bicyclic) bond motifs is 1. The number of aromatic nitrogens is 3. The Kier molecular flexibility index (Phi) is 4.11. The van der Waals surface area contributed by atoms with Gasteiger partial charge >= 0.3 is 0 Å². The van der Waals surface area contributed by atoms with Gasteiger partial charge in [-0.3, -0.25) is 0 Å². The molecule has 98 valence electrons. The molecule has 6 nitrogen and oxygen atoms in total. The fourth-order valence-electron chi connectivity index (χ4n) is 1.86. The standard InChI is InChI=1S/C12H19N5O/c1-17-8-16-11-10(17)4-6-15-12(11)14-5-3-9(13)7-18-2/h4,6,8-9H,3,5,7,13H2,1-2H3,(H,14,15). The Morgan fingerprint density at radius 1 is 1.50 bits per heavy atom. The SMILES string of the molecule is COCC(N)CCNc1nccc2c1ncn2C. The molecule has 0 bridgehead atoms. The molecule has 0 aliphatic heterocycles. The van der Waals surface area contributed by atoms with Gasteiger partial charge in [0.15, 0.2) is 5.82 Å². The van der Waals surface area contributed by atoms with Crippen molar-refractivity contribution in [2.75, 3.05) is 25.6 Å². The van der Waals surface area contributed by atoms with Crippen molar-refractivity contribution in [2.24, 2.45) is 12.8 Å². The molecule has 2 aromatic heterocycles. The van der Waals surface area contributed by atoms with Crippen LogP contribution in [0.3, 0.4) is 0 Å². The van der Waals surface area contributed by atoms with E-state index in [0.717, 1.165) is 29.8 Å². The number of hydrogen-bond donors (Lipinski definition) is 2. The van der Waals surface area contributed by atoms with E-state index in [9.17, 15) is 0 Å². The first-order valence-corrected chi connectivity index (χ1v) is 5.96.